The van der Waals surface area contributed by atoms with Crippen molar-refractivity contribution in [2.45, 2.75) is 17.7 Å². The lowest BCUT2D eigenvalue weighted by Gasteiger charge is -2.05. The average Bonchev–Trinajstić information content (AvgIpc) is 2.77. The molecule has 0 unspecified atom stereocenters. The van der Waals surface area contributed by atoms with E-state index in [1.54, 1.807) is 11.8 Å². The van der Waals surface area contributed by atoms with Gasteiger partial charge >= 0.3 is 0 Å². The van der Waals surface area contributed by atoms with E-state index in [9.17, 15) is 0 Å². The molecule has 0 aliphatic rings. The van der Waals surface area contributed by atoms with Crippen LogP contribution in [0.4, 0.5) is 5.69 Å². The van der Waals surface area contributed by atoms with Crippen molar-refractivity contribution >= 4 is 29.0 Å². The predicted molar refractivity (Wildman–Crippen MR) is 76.3 cm³/mol. The Morgan fingerprint density at radius 2 is 2.11 bits per heavy atom. The molecule has 1 heterocycles. The van der Waals surface area contributed by atoms with Crippen molar-refractivity contribution in [2.24, 2.45) is 0 Å². The molecule has 0 bridgehead atoms. The fourth-order valence-electron chi connectivity index (χ4n) is 1.31. The predicted octanol–water partition coefficient (Wildman–Crippen LogP) is 2.99. The molecule has 0 radical (unpaired) electrons. The van der Waals surface area contributed by atoms with E-state index >= 15 is 0 Å². The van der Waals surface area contributed by atoms with E-state index in [0.29, 0.717) is 6.61 Å². The van der Waals surface area contributed by atoms with Crippen molar-refractivity contribution in [1.82, 2.24) is 9.36 Å². The molecule has 2 rings (SSSR count). The lowest BCUT2D eigenvalue weighted by atomic mass is 10.3. The Labute approximate surface area is 115 Å². The Bertz CT molecular complexity index is 484. The second-order valence-electron chi connectivity index (χ2n) is 3.73. The summed E-state index contributed by atoms with van der Waals surface area (Å²) in [5, 5.41) is 0. The summed E-state index contributed by atoms with van der Waals surface area (Å²) in [5.41, 5.74) is 6.35. The highest BCUT2D eigenvalue weighted by atomic mass is 32.2. The van der Waals surface area contributed by atoms with Gasteiger partial charge < -0.3 is 10.5 Å². The van der Waals surface area contributed by atoms with E-state index in [4.69, 9.17) is 10.5 Å². The van der Waals surface area contributed by atoms with Gasteiger partial charge in [-0.1, -0.05) is 11.8 Å². The van der Waals surface area contributed by atoms with Gasteiger partial charge in [-0.25, -0.2) is 4.98 Å². The molecule has 4 nitrogen and oxygen atoms in total. The zero-order valence-electron chi connectivity index (χ0n) is 10.1. The Kier molecular flexibility index (Phi) is 4.83. The normalized spacial score (nSPS) is 10.5. The van der Waals surface area contributed by atoms with Gasteiger partial charge in [-0.2, -0.15) is 4.37 Å². The zero-order chi connectivity index (χ0) is 12.8. The number of thioether (sulfide) groups is 1. The monoisotopic (exact) mass is 281 g/mol. The first kappa shape index (κ1) is 13.2. The largest absolute Gasteiger partial charge is 0.494 e. The fraction of sp³-hybridized carbons (Fsp3) is 0.333. The molecule has 0 aliphatic carbocycles. The van der Waals surface area contributed by atoms with Crippen LogP contribution in [-0.2, 0) is 0 Å². The zero-order valence-corrected chi connectivity index (χ0v) is 11.8. The number of benzene rings is 1. The third-order valence-corrected chi connectivity index (χ3v) is 4.18. The second-order valence-corrected chi connectivity index (χ2v) is 5.82. The molecular weight excluding hydrogens is 266 g/mol. The molecule has 96 valence electrons. The van der Waals surface area contributed by atoms with Crippen molar-refractivity contribution in [3.05, 3.63) is 30.1 Å². The van der Waals surface area contributed by atoms with Crippen molar-refractivity contribution < 1.29 is 4.74 Å². The van der Waals surface area contributed by atoms with Gasteiger partial charge in [0.25, 0.3) is 0 Å². The minimum Gasteiger partial charge on any atom is -0.494 e. The molecule has 0 aliphatic heterocycles. The van der Waals surface area contributed by atoms with Crippen LogP contribution in [0.5, 0.6) is 5.75 Å². The van der Waals surface area contributed by atoms with Crippen LogP contribution in [-0.4, -0.2) is 21.7 Å². The molecule has 6 heteroatoms. The Morgan fingerprint density at radius 1 is 1.33 bits per heavy atom. The summed E-state index contributed by atoms with van der Waals surface area (Å²) in [6.07, 6.45) is 0.980. The van der Waals surface area contributed by atoms with Crippen LogP contribution in [0.2, 0.25) is 0 Å². The van der Waals surface area contributed by atoms with E-state index < -0.39 is 0 Å². The summed E-state index contributed by atoms with van der Waals surface area (Å²) >= 11 is 3.18. The SMILES string of the molecule is Cc1nsc(SCCCOc2ccc(N)cc2)n1. The highest BCUT2D eigenvalue weighted by Gasteiger charge is 2.00. The number of nitrogens with zero attached hydrogens (tertiary/aromatic N) is 2. The molecule has 0 atom stereocenters. The van der Waals surface area contributed by atoms with E-state index in [2.05, 4.69) is 9.36 Å². The maximum atomic E-state index is 5.60. The lowest BCUT2D eigenvalue weighted by Crippen LogP contribution is -1.98. The van der Waals surface area contributed by atoms with Gasteiger partial charge in [0, 0.05) is 11.4 Å². The molecule has 2 aromatic rings. The number of rotatable bonds is 6. The van der Waals surface area contributed by atoms with Crippen molar-refractivity contribution in [3.63, 3.8) is 0 Å². The van der Waals surface area contributed by atoms with Crippen molar-refractivity contribution in [3.8, 4) is 5.75 Å². The number of anilines is 1. The molecular formula is C12H15N3OS2. The molecule has 0 amide bonds. The third-order valence-electron chi connectivity index (χ3n) is 2.17. The number of aromatic nitrogens is 2. The topological polar surface area (TPSA) is 61.0 Å². The molecule has 18 heavy (non-hydrogen) atoms. The standard InChI is InChI=1S/C12H15N3OS2/c1-9-14-12(18-15-9)17-8-2-7-16-11-5-3-10(13)4-6-11/h3-6H,2,7-8,13H2,1H3. The number of hydrogen-bond acceptors (Lipinski definition) is 6. The van der Waals surface area contributed by atoms with Gasteiger partial charge in [-0.15, -0.1) is 0 Å². The molecule has 1 aromatic heterocycles. The fourth-order valence-corrected chi connectivity index (χ4v) is 2.94. The highest BCUT2D eigenvalue weighted by molar-refractivity contribution is 8.00. The van der Waals surface area contributed by atoms with Crippen LogP contribution >= 0.6 is 23.3 Å². The Hall–Kier alpha value is -1.27. The molecule has 0 saturated carbocycles. The summed E-state index contributed by atoms with van der Waals surface area (Å²) in [5.74, 6) is 2.70. The number of aryl methyl sites for hydroxylation is 1. The van der Waals surface area contributed by atoms with Gasteiger partial charge in [0.05, 0.1) is 6.61 Å². The van der Waals surface area contributed by atoms with Crippen LogP contribution in [0.25, 0.3) is 0 Å². The highest BCUT2D eigenvalue weighted by Crippen LogP contribution is 2.20. The molecule has 0 saturated heterocycles. The van der Waals surface area contributed by atoms with E-state index in [1.165, 1.54) is 11.5 Å². The second kappa shape index (κ2) is 6.61. The van der Waals surface area contributed by atoms with Crippen LogP contribution in [0.3, 0.4) is 0 Å². The van der Waals surface area contributed by atoms with Gasteiger partial charge in [0.2, 0.25) is 0 Å². The summed E-state index contributed by atoms with van der Waals surface area (Å²) in [6.45, 7) is 2.61. The van der Waals surface area contributed by atoms with Crippen molar-refractivity contribution in [2.75, 3.05) is 18.1 Å². The average molecular weight is 281 g/mol. The van der Waals surface area contributed by atoms with Crippen molar-refractivity contribution in [1.29, 1.82) is 0 Å². The molecule has 1 aromatic carbocycles. The summed E-state index contributed by atoms with van der Waals surface area (Å²) in [6, 6.07) is 7.45. The van der Waals surface area contributed by atoms with Crippen LogP contribution in [0.1, 0.15) is 12.2 Å². The number of nitrogen functional groups attached to an aromatic ring is 1. The van der Waals surface area contributed by atoms with Gasteiger partial charge in [0.15, 0.2) is 4.34 Å². The van der Waals surface area contributed by atoms with Gasteiger partial charge in [-0.3, -0.25) is 0 Å². The smallest absolute Gasteiger partial charge is 0.170 e. The van der Waals surface area contributed by atoms with Crippen LogP contribution in [0.15, 0.2) is 28.6 Å². The van der Waals surface area contributed by atoms with E-state index in [0.717, 1.165) is 33.8 Å². The number of hydrogen-bond donors (Lipinski definition) is 1. The van der Waals surface area contributed by atoms with Crippen LogP contribution in [0, 0.1) is 6.92 Å². The Balaban J connectivity index is 1.63. The molecule has 2 N–H and O–H groups in total. The molecule has 0 fully saturated rings. The third kappa shape index (κ3) is 4.19. The maximum Gasteiger partial charge on any atom is 0.170 e. The minimum absolute atomic E-state index is 0.703. The summed E-state index contributed by atoms with van der Waals surface area (Å²) in [7, 11) is 0. The first-order chi connectivity index (χ1) is 8.74. The Morgan fingerprint density at radius 3 is 2.78 bits per heavy atom. The van der Waals surface area contributed by atoms with Gasteiger partial charge in [-0.05, 0) is 49.1 Å². The van der Waals surface area contributed by atoms with E-state index in [-0.39, 0.29) is 0 Å². The number of ether oxygens (including phenoxy) is 1. The molecule has 0 spiro atoms. The summed E-state index contributed by atoms with van der Waals surface area (Å²) in [4.78, 5) is 4.29. The van der Waals surface area contributed by atoms with E-state index in [1.807, 2.05) is 31.2 Å². The minimum atomic E-state index is 0.703. The quantitative estimate of drug-likeness (QED) is 0.501. The summed E-state index contributed by atoms with van der Waals surface area (Å²) < 4.78 is 10.8. The first-order valence-corrected chi connectivity index (χ1v) is 7.41. The van der Waals surface area contributed by atoms with Crippen LogP contribution < -0.4 is 10.5 Å². The van der Waals surface area contributed by atoms with Gasteiger partial charge in [0.1, 0.15) is 11.6 Å². The lowest BCUT2D eigenvalue weighted by molar-refractivity contribution is 0.319. The first-order valence-electron chi connectivity index (χ1n) is 5.65. The maximum absolute atomic E-state index is 5.60. The number of nitrogens with two attached hydrogens (primary N) is 1.